The Kier molecular flexibility index (Phi) is 2.97. The minimum atomic E-state index is -3.78. The molecule has 0 aromatic heterocycles. The minimum absolute atomic E-state index is 0.0201. The number of hydrogen-bond acceptors (Lipinski definition) is 2. The van der Waals surface area contributed by atoms with Gasteiger partial charge in [-0.05, 0) is 57.4 Å². The molecule has 90 valence electrons. The summed E-state index contributed by atoms with van der Waals surface area (Å²) < 4.78 is 36.3. The number of nitrogens with two attached hydrogens (primary N) is 1. The van der Waals surface area contributed by atoms with E-state index in [0.717, 1.165) is 5.39 Å². The van der Waals surface area contributed by atoms with Gasteiger partial charge in [-0.25, -0.2) is 17.9 Å². The molecule has 3 nitrogen and oxygen atoms in total. The highest BCUT2D eigenvalue weighted by molar-refractivity contribution is 9.10. The smallest absolute Gasteiger partial charge is 0.225 e. The molecule has 0 atom stereocenters. The molecule has 0 amide bonds. The molecule has 6 heteroatoms. The highest BCUT2D eigenvalue weighted by atomic mass is 79.9. The summed E-state index contributed by atoms with van der Waals surface area (Å²) in [4.78, 5) is 0.0201. The first-order valence-corrected chi connectivity index (χ1v) is 7.05. The molecule has 0 aliphatic heterocycles. The zero-order chi connectivity index (χ0) is 12.8. The summed E-state index contributed by atoms with van der Waals surface area (Å²) in [5.74, 6) is -0.443. The summed E-state index contributed by atoms with van der Waals surface area (Å²) in [6, 6.07) is 5.92. The summed E-state index contributed by atoms with van der Waals surface area (Å²) in [6.07, 6.45) is 0. The number of fused-ring (bicyclic) bond motifs is 1. The molecule has 2 aromatic rings. The Bertz CT molecular complexity index is 713. The quantitative estimate of drug-likeness (QED) is 0.879. The third kappa shape index (κ3) is 2.34. The number of benzene rings is 2. The molecule has 17 heavy (non-hydrogen) atoms. The van der Waals surface area contributed by atoms with Crippen LogP contribution >= 0.6 is 15.9 Å². The second-order valence-electron chi connectivity index (χ2n) is 3.78. The molecule has 2 rings (SSSR count). The van der Waals surface area contributed by atoms with E-state index in [1.165, 1.54) is 12.1 Å². The van der Waals surface area contributed by atoms with E-state index in [9.17, 15) is 12.8 Å². The fourth-order valence-electron chi connectivity index (χ4n) is 1.69. The molecule has 0 fully saturated rings. The van der Waals surface area contributed by atoms with Crippen molar-refractivity contribution < 1.29 is 12.8 Å². The van der Waals surface area contributed by atoms with Crippen molar-refractivity contribution in [1.29, 1.82) is 0 Å². The molecule has 0 saturated carbocycles. The van der Waals surface area contributed by atoms with Crippen LogP contribution < -0.4 is 5.14 Å². The zero-order valence-electron chi connectivity index (χ0n) is 8.87. The number of primary sulfonamides is 1. The average Bonchev–Trinajstić information content (AvgIpc) is 2.18. The van der Waals surface area contributed by atoms with Crippen LogP contribution in [0.1, 0.15) is 5.56 Å². The van der Waals surface area contributed by atoms with Gasteiger partial charge in [0.2, 0.25) is 10.0 Å². The molecule has 0 aliphatic carbocycles. The fraction of sp³-hybridized carbons (Fsp3) is 0.0909. The summed E-state index contributed by atoms with van der Waals surface area (Å²) in [5.41, 5.74) is 0.540. The van der Waals surface area contributed by atoms with Gasteiger partial charge >= 0.3 is 0 Å². The Morgan fingerprint density at radius 2 is 1.76 bits per heavy atom. The SMILES string of the molecule is Cc1cc2cc(Br)c(F)cc2cc1S(N)(=O)=O. The van der Waals surface area contributed by atoms with Crippen LogP contribution in [0.25, 0.3) is 10.8 Å². The third-order valence-electron chi connectivity index (χ3n) is 2.48. The van der Waals surface area contributed by atoms with E-state index in [0.29, 0.717) is 15.4 Å². The van der Waals surface area contributed by atoms with Crippen LogP contribution in [0.2, 0.25) is 0 Å². The highest BCUT2D eigenvalue weighted by Gasteiger charge is 2.13. The van der Waals surface area contributed by atoms with E-state index >= 15 is 0 Å². The molecule has 0 bridgehead atoms. The Morgan fingerprint density at radius 3 is 2.35 bits per heavy atom. The van der Waals surface area contributed by atoms with Crippen LogP contribution in [-0.2, 0) is 10.0 Å². The lowest BCUT2D eigenvalue weighted by molar-refractivity contribution is 0.597. The number of sulfonamides is 1. The summed E-state index contributed by atoms with van der Waals surface area (Å²) in [7, 11) is -3.78. The highest BCUT2D eigenvalue weighted by Crippen LogP contribution is 2.27. The first kappa shape index (κ1) is 12.5. The van der Waals surface area contributed by atoms with Gasteiger partial charge in [-0.1, -0.05) is 6.07 Å². The van der Waals surface area contributed by atoms with Crippen molar-refractivity contribution in [2.45, 2.75) is 11.8 Å². The topological polar surface area (TPSA) is 60.2 Å². The second-order valence-corrected chi connectivity index (χ2v) is 6.16. The Hall–Kier alpha value is -0.980. The van der Waals surface area contributed by atoms with Crippen LogP contribution in [0.4, 0.5) is 4.39 Å². The lowest BCUT2D eigenvalue weighted by atomic mass is 10.1. The van der Waals surface area contributed by atoms with Gasteiger partial charge < -0.3 is 0 Å². The van der Waals surface area contributed by atoms with Crippen LogP contribution in [0.3, 0.4) is 0 Å². The Labute approximate surface area is 107 Å². The lowest BCUT2D eigenvalue weighted by Gasteiger charge is -2.07. The van der Waals surface area contributed by atoms with Crippen molar-refractivity contribution in [3.8, 4) is 0 Å². The number of halogens is 2. The monoisotopic (exact) mass is 317 g/mol. The molecule has 0 radical (unpaired) electrons. The molecule has 0 heterocycles. The van der Waals surface area contributed by atoms with Gasteiger partial charge in [0.1, 0.15) is 5.82 Å². The molecule has 0 spiro atoms. The van der Waals surface area contributed by atoms with Crippen LogP contribution in [0.5, 0.6) is 0 Å². The molecule has 0 saturated heterocycles. The predicted molar refractivity (Wildman–Crippen MR) is 67.7 cm³/mol. The van der Waals surface area contributed by atoms with Gasteiger partial charge in [-0.3, -0.25) is 0 Å². The van der Waals surface area contributed by atoms with Crippen molar-refractivity contribution in [3.63, 3.8) is 0 Å². The predicted octanol–water partition coefficient (Wildman–Crippen LogP) is 2.70. The van der Waals surface area contributed by atoms with Crippen LogP contribution in [0.15, 0.2) is 33.6 Å². The maximum atomic E-state index is 13.3. The Balaban J connectivity index is 2.86. The van der Waals surface area contributed by atoms with Gasteiger partial charge in [0.15, 0.2) is 0 Å². The van der Waals surface area contributed by atoms with Gasteiger partial charge in [0, 0.05) is 0 Å². The Morgan fingerprint density at radius 1 is 1.18 bits per heavy atom. The van der Waals surface area contributed by atoms with E-state index in [1.807, 2.05) is 0 Å². The lowest BCUT2D eigenvalue weighted by Crippen LogP contribution is -2.13. The van der Waals surface area contributed by atoms with Crippen LogP contribution in [-0.4, -0.2) is 8.42 Å². The van der Waals surface area contributed by atoms with Gasteiger partial charge in [-0.2, -0.15) is 0 Å². The zero-order valence-corrected chi connectivity index (χ0v) is 11.3. The van der Waals surface area contributed by atoms with Crippen molar-refractivity contribution >= 4 is 36.7 Å². The molecular formula is C11H9BrFNO2S. The summed E-state index contributed by atoms with van der Waals surface area (Å²) in [6.45, 7) is 1.65. The normalized spacial score (nSPS) is 12.0. The van der Waals surface area contributed by atoms with E-state index < -0.39 is 15.8 Å². The number of aryl methyl sites for hydroxylation is 1. The van der Waals surface area contributed by atoms with E-state index in [-0.39, 0.29) is 4.90 Å². The maximum absolute atomic E-state index is 13.3. The van der Waals surface area contributed by atoms with Crippen LogP contribution in [0, 0.1) is 12.7 Å². The van der Waals surface area contributed by atoms with Gasteiger partial charge in [0.05, 0.1) is 9.37 Å². The summed E-state index contributed by atoms with van der Waals surface area (Å²) in [5, 5.41) is 6.34. The van der Waals surface area contributed by atoms with Crippen molar-refractivity contribution in [3.05, 3.63) is 40.1 Å². The van der Waals surface area contributed by atoms with E-state index in [1.54, 1.807) is 19.1 Å². The first-order chi connectivity index (χ1) is 7.79. The van der Waals surface area contributed by atoms with Crippen molar-refractivity contribution in [2.24, 2.45) is 5.14 Å². The van der Waals surface area contributed by atoms with Crippen molar-refractivity contribution in [1.82, 2.24) is 0 Å². The average molecular weight is 318 g/mol. The minimum Gasteiger partial charge on any atom is -0.225 e. The summed E-state index contributed by atoms with van der Waals surface area (Å²) >= 11 is 3.08. The fourth-order valence-corrected chi connectivity index (χ4v) is 2.85. The molecule has 2 N–H and O–H groups in total. The van der Waals surface area contributed by atoms with E-state index in [2.05, 4.69) is 15.9 Å². The molecular weight excluding hydrogens is 309 g/mol. The van der Waals surface area contributed by atoms with E-state index in [4.69, 9.17) is 5.14 Å². The molecule has 0 aliphatic rings. The second kappa shape index (κ2) is 4.04. The van der Waals surface area contributed by atoms with Gasteiger partial charge in [-0.15, -0.1) is 0 Å². The largest absolute Gasteiger partial charge is 0.238 e. The molecule has 0 unspecified atom stereocenters. The van der Waals surface area contributed by atoms with Gasteiger partial charge in [0.25, 0.3) is 0 Å². The first-order valence-electron chi connectivity index (χ1n) is 4.71. The van der Waals surface area contributed by atoms with Crippen molar-refractivity contribution in [2.75, 3.05) is 0 Å². The standard InChI is InChI=1S/C11H9BrFNO2S/c1-6-2-7-3-9(12)10(13)4-8(7)5-11(6)17(14,15)16/h2-5H,1H3,(H2,14,15,16). The molecule has 2 aromatic carbocycles. The number of rotatable bonds is 1. The number of hydrogen-bond donors (Lipinski definition) is 1. The maximum Gasteiger partial charge on any atom is 0.238 e. The third-order valence-corrected chi connectivity index (χ3v) is 4.14.